The molecule has 32 heavy (non-hydrogen) atoms. The van der Waals surface area contributed by atoms with Crippen molar-refractivity contribution in [1.29, 1.82) is 0 Å². The van der Waals surface area contributed by atoms with Gasteiger partial charge >= 0.3 is 0 Å². The normalized spacial score (nSPS) is 11.6. The molecule has 0 saturated heterocycles. The first-order chi connectivity index (χ1) is 15.2. The zero-order chi connectivity index (χ0) is 23.9. The lowest BCUT2D eigenvalue weighted by molar-refractivity contribution is -0.111. The molecule has 0 heterocycles. The molecule has 8 nitrogen and oxygen atoms in total. The number of sulfonamides is 1. The number of nitrogens with zero attached hydrogens (tertiary/aromatic N) is 1. The molecule has 0 atom stereocenters. The van der Waals surface area contributed by atoms with Crippen LogP contribution in [0.2, 0.25) is 0 Å². The molecule has 0 fully saturated rings. The topological polar surface area (TPSA) is 94.2 Å². The Morgan fingerprint density at radius 3 is 2.25 bits per heavy atom. The number of nitrogens with one attached hydrogen (secondary N) is 1. The number of ether oxygens (including phenoxy) is 3. The van der Waals surface area contributed by atoms with Gasteiger partial charge in [0.25, 0.3) is 0 Å². The third-order valence-electron chi connectivity index (χ3n) is 4.66. The lowest BCUT2D eigenvalue weighted by Crippen LogP contribution is -2.30. The number of rotatable bonds is 10. The van der Waals surface area contributed by atoms with Gasteiger partial charge in [-0.1, -0.05) is 13.8 Å². The fraction of sp³-hybridized carbons (Fsp3) is 0.318. The van der Waals surface area contributed by atoms with Gasteiger partial charge in [-0.3, -0.25) is 4.79 Å². The van der Waals surface area contributed by atoms with E-state index in [4.69, 9.17) is 14.2 Å². The van der Waals surface area contributed by atoms with Gasteiger partial charge in [-0.05, 0) is 57.9 Å². The van der Waals surface area contributed by atoms with Crippen LogP contribution in [0, 0.1) is 0 Å². The quantitative estimate of drug-likeness (QED) is 0.467. The first-order valence-corrected chi connectivity index (χ1v) is 12.0. The highest BCUT2D eigenvalue weighted by atomic mass is 79.9. The summed E-state index contributed by atoms with van der Waals surface area (Å²) in [6, 6.07) is 7.87. The molecule has 174 valence electrons. The van der Waals surface area contributed by atoms with Crippen LogP contribution in [-0.4, -0.2) is 53.0 Å². The van der Waals surface area contributed by atoms with E-state index in [-0.39, 0.29) is 10.6 Å². The second kappa shape index (κ2) is 11.3. The maximum Gasteiger partial charge on any atom is 0.248 e. The van der Waals surface area contributed by atoms with Gasteiger partial charge in [-0.25, -0.2) is 8.42 Å². The van der Waals surface area contributed by atoms with E-state index in [0.29, 0.717) is 40.4 Å². The molecular weight excluding hydrogens is 500 g/mol. The van der Waals surface area contributed by atoms with E-state index in [9.17, 15) is 13.2 Å². The highest BCUT2D eigenvalue weighted by Crippen LogP contribution is 2.36. The maximum absolute atomic E-state index is 12.8. The Kier molecular flexibility index (Phi) is 9.11. The minimum Gasteiger partial charge on any atom is -0.495 e. The molecule has 0 aliphatic carbocycles. The number of halogens is 1. The van der Waals surface area contributed by atoms with Crippen LogP contribution >= 0.6 is 15.9 Å². The van der Waals surface area contributed by atoms with E-state index in [0.717, 1.165) is 0 Å². The molecule has 0 aliphatic rings. The average Bonchev–Trinajstić information content (AvgIpc) is 2.77. The van der Waals surface area contributed by atoms with Crippen LogP contribution in [0.4, 0.5) is 5.69 Å². The first-order valence-electron chi connectivity index (χ1n) is 9.80. The van der Waals surface area contributed by atoms with E-state index in [1.54, 1.807) is 32.1 Å². The molecule has 0 aromatic heterocycles. The minimum atomic E-state index is -3.68. The largest absolute Gasteiger partial charge is 0.495 e. The number of carbonyl (C=O) groups excluding carboxylic acids is 1. The van der Waals surface area contributed by atoms with E-state index < -0.39 is 15.9 Å². The van der Waals surface area contributed by atoms with E-state index in [1.165, 1.54) is 49.9 Å². The Labute approximate surface area is 197 Å². The summed E-state index contributed by atoms with van der Waals surface area (Å²) in [6.45, 7) is 4.22. The Hall–Kier alpha value is -2.56. The number of methoxy groups -OCH3 is 3. The van der Waals surface area contributed by atoms with Crippen molar-refractivity contribution in [3.63, 3.8) is 0 Å². The van der Waals surface area contributed by atoms with E-state index >= 15 is 0 Å². The van der Waals surface area contributed by atoms with Gasteiger partial charge in [-0.15, -0.1) is 0 Å². The number of hydrogen-bond donors (Lipinski definition) is 1. The first kappa shape index (κ1) is 25.7. The van der Waals surface area contributed by atoms with Crippen molar-refractivity contribution in [1.82, 2.24) is 4.31 Å². The zero-order valence-corrected chi connectivity index (χ0v) is 21.0. The maximum atomic E-state index is 12.8. The Bertz CT molecular complexity index is 1100. The lowest BCUT2D eigenvalue weighted by Gasteiger charge is -2.19. The molecule has 2 rings (SSSR count). The smallest absolute Gasteiger partial charge is 0.248 e. The Morgan fingerprint density at radius 2 is 1.69 bits per heavy atom. The van der Waals surface area contributed by atoms with Crippen LogP contribution in [0.3, 0.4) is 0 Å². The molecule has 0 aliphatic heterocycles. The summed E-state index contributed by atoms with van der Waals surface area (Å²) in [5.74, 6) is 0.952. The molecule has 0 bridgehead atoms. The predicted molar refractivity (Wildman–Crippen MR) is 128 cm³/mol. The highest BCUT2D eigenvalue weighted by molar-refractivity contribution is 9.10. The summed E-state index contributed by atoms with van der Waals surface area (Å²) in [5.41, 5.74) is 0.957. The lowest BCUT2D eigenvalue weighted by atomic mass is 10.2. The van der Waals surface area contributed by atoms with Crippen LogP contribution in [0.25, 0.3) is 6.08 Å². The van der Waals surface area contributed by atoms with Gasteiger partial charge in [-0.2, -0.15) is 4.31 Å². The van der Waals surface area contributed by atoms with Crippen LogP contribution in [-0.2, 0) is 14.8 Å². The average molecular weight is 527 g/mol. The van der Waals surface area contributed by atoms with Gasteiger partial charge in [0.15, 0.2) is 11.5 Å². The third kappa shape index (κ3) is 5.81. The van der Waals surface area contributed by atoms with Crippen molar-refractivity contribution in [3.8, 4) is 17.2 Å². The molecule has 0 unspecified atom stereocenters. The van der Waals surface area contributed by atoms with Crippen LogP contribution in [0.15, 0.2) is 45.8 Å². The van der Waals surface area contributed by atoms with Gasteiger partial charge in [0.2, 0.25) is 15.9 Å². The molecule has 0 spiro atoms. The number of carbonyl (C=O) groups is 1. The van der Waals surface area contributed by atoms with E-state index in [2.05, 4.69) is 21.2 Å². The van der Waals surface area contributed by atoms with Gasteiger partial charge < -0.3 is 19.5 Å². The van der Waals surface area contributed by atoms with Gasteiger partial charge in [0.1, 0.15) is 5.75 Å². The third-order valence-corrected chi connectivity index (χ3v) is 7.29. The standard InChI is InChI=1S/C22H27BrN2O6S/c1-6-25(7-2)32(27,28)16-9-10-19(29-3)18(14-16)24-21(26)11-8-15-12-17(23)22(31-5)20(13-15)30-4/h8-14H,6-7H2,1-5H3,(H,24,26)/b11-8+. The van der Waals surface area contributed by atoms with Crippen LogP contribution in [0.5, 0.6) is 17.2 Å². The molecule has 10 heteroatoms. The highest BCUT2D eigenvalue weighted by Gasteiger charge is 2.23. The van der Waals surface area contributed by atoms with Crippen molar-refractivity contribution < 1.29 is 27.4 Å². The second-order valence-corrected chi connectivity index (χ2v) is 9.30. The summed E-state index contributed by atoms with van der Waals surface area (Å²) < 4.78 is 43.5. The van der Waals surface area contributed by atoms with Crippen molar-refractivity contribution in [2.24, 2.45) is 0 Å². The summed E-state index contributed by atoms with van der Waals surface area (Å²) in [4.78, 5) is 12.6. The van der Waals surface area contributed by atoms with Gasteiger partial charge in [0.05, 0.1) is 36.4 Å². The number of anilines is 1. The Balaban J connectivity index is 2.30. The molecule has 1 amide bonds. The SMILES string of the molecule is CCN(CC)S(=O)(=O)c1ccc(OC)c(NC(=O)/C=C/c2cc(Br)c(OC)c(OC)c2)c1. The van der Waals surface area contributed by atoms with Crippen LogP contribution in [0.1, 0.15) is 19.4 Å². The fourth-order valence-electron chi connectivity index (χ4n) is 3.04. The molecular formula is C22H27BrN2O6S. The summed E-state index contributed by atoms with van der Waals surface area (Å²) in [5, 5.41) is 2.68. The summed E-state index contributed by atoms with van der Waals surface area (Å²) in [7, 11) is 0.823. The van der Waals surface area contributed by atoms with Crippen molar-refractivity contribution in [3.05, 3.63) is 46.4 Å². The molecule has 0 saturated carbocycles. The fourth-order valence-corrected chi connectivity index (χ4v) is 5.14. The predicted octanol–water partition coefficient (Wildman–Crippen LogP) is 4.16. The molecule has 2 aromatic carbocycles. The summed E-state index contributed by atoms with van der Waals surface area (Å²) in [6.07, 6.45) is 2.93. The molecule has 1 N–H and O–H groups in total. The van der Waals surface area contributed by atoms with Crippen molar-refractivity contribution in [2.45, 2.75) is 18.7 Å². The van der Waals surface area contributed by atoms with Gasteiger partial charge in [0, 0.05) is 19.2 Å². The number of hydrogen-bond acceptors (Lipinski definition) is 6. The molecule has 0 radical (unpaired) electrons. The van der Waals surface area contributed by atoms with Crippen LogP contribution < -0.4 is 19.5 Å². The zero-order valence-electron chi connectivity index (χ0n) is 18.6. The van der Waals surface area contributed by atoms with Crippen molar-refractivity contribution >= 4 is 43.6 Å². The number of benzene rings is 2. The minimum absolute atomic E-state index is 0.0742. The second-order valence-electron chi connectivity index (χ2n) is 6.51. The monoisotopic (exact) mass is 526 g/mol. The summed E-state index contributed by atoms with van der Waals surface area (Å²) >= 11 is 3.41. The van der Waals surface area contributed by atoms with E-state index in [1.807, 2.05) is 0 Å². The van der Waals surface area contributed by atoms with Crippen molar-refractivity contribution in [2.75, 3.05) is 39.7 Å². The molecule has 2 aromatic rings. The Morgan fingerprint density at radius 1 is 1.03 bits per heavy atom. The number of amides is 1.